The van der Waals surface area contributed by atoms with Crippen LogP contribution >= 0.6 is 0 Å². The van der Waals surface area contributed by atoms with E-state index >= 15 is 0 Å². The number of hydrogen-bond acceptors (Lipinski definition) is 6. The lowest BCUT2D eigenvalue weighted by atomic mass is 10.1. The van der Waals surface area contributed by atoms with Crippen LogP contribution in [-0.2, 0) is 21.4 Å². The van der Waals surface area contributed by atoms with Gasteiger partial charge in [-0.2, -0.15) is 4.31 Å². The fraction of sp³-hybridized carbons (Fsp3) is 0.200. The maximum atomic E-state index is 13.0. The lowest BCUT2D eigenvalue weighted by Gasteiger charge is -2.18. The summed E-state index contributed by atoms with van der Waals surface area (Å²) in [6, 6.07) is 20.1. The summed E-state index contributed by atoms with van der Waals surface area (Å²) in [5, 5.41) is 5.45. The van der Waals surface area contributed by atoms with Crippen molar-refractivity contribution in [2.75, 3.05) is 33.1 Å². The van der Waals surface area contributed by atoms with Crippen LogP contribution in [0.3, 0.4) is 0 Å². The third kappa shape index (κ3) is 6.37. The first-order valence-electron chi connectivity index (χ1n) is 10.7. The SMILES string of the molecule is COc1ccc(S(=O)(=O)N(C)CC(=O)Nc2ccccc2C(=O)NCc2ccccc2)cc1OC. The number of nitrogens with zero attached hydrogens (tertiary/aromatic N) is 1. The van der Waals surface area contributed by atoms with Gasteiger partial charge in [-0.15, -0.1) is 0 Å². The van der Waals surface area contributed by atoms with Crippen LogP contribution in [0.15, 0.2) is 77.7 Å². The van der Waals surface area contributed by atoms with Crippen LogP contribution in [0.5, 0.6) is 11.5 Å². The van der Waals surface area contributed by atoms with Gasteiger partial charge in [-0.3, -0.25) is 9.59 Å². The van der Waals surface area contributed by atoms with Gasteiger partial charge in [0.1, 0.15) is 0 Å². The number of methoxy groups -OCH3 is 2. The maximum Gasteiger partial charge on any atom is 0.253 e. The number of rotatable bonds is 10. The summed E-state index contributed by atoms with van der Waals surface area (Å²) in [5.74, 6) is -0.327. The minimum atomic E-state index is -3.99. The number of nitrogens with one attached hydrogen (secondary N) is 2. The molecule has 0 bridgehead atoms. The molecule has 2 N–H and O–H groups in total. The van der Waals surface area contributed by atoms with Crippen LogP contribution in [0.1, 0.15) is 15.9 Å². The number of ether oxygens (including phenoxy) is 2. The van der Waals surface area contributed by atoms with Gasteiger partial charge >= 0.3 is 0 Å². The van der Waals surface area contributed by atoms with E-state index in [9.17, 15) is 18.0 Å². The Morgan fingerprint density at radius 3 is 2.23 bits per heavy atom. The first-order valence-corrected chi connectivity index (χ1v) is 12.1. The van der Waals surface area contributed by atoms with E-state index < -0.39 is 22.5 Å². The summed E-state index contributed by atoms with van der Waals surface area (Å²) in [7, 11) is 0.152. The molecule has 0 saturated heterocycles. The molecule has 2 amide bonds. The molecular weight excluding hydrogens is 470 g/mol. The third-order valence-electron chi connectivity index (χ3n) is 5.17. The van der Waals surface area contributed by atoms with Crippen molar-refractivity contribution in [1.82, 2.24) is 9.62 Å². The van der Waals surface area contributed by atoms with Gasteiger partial charge in [0.15, 0.2) is 11.5 Å². The van der Waals surface area contributed by atoms with Gasteiger partial charge in [0.05, 0.1) is 36.9 Å². The Bertz CT molecular complexity index is 1300. The van der Waals surface area contributed by atoms with E-state index in [-0.39, 0.29) is 27.8 Å². The van der Waals surface area contributed by atoms with Gasteiger partial charge < -0.3 is 20.1 Å². The van der Waals surface area contributed by atoms with Crippen LogP contribution in [0.2, 0.25) is 0 Å². The topological polar surface area (TPSA) is 114 Å². The fourth-order valence-electron chi connectivity index (χ4n) is 3.30. The number of sulfonamides is 1. The number of anilines is 1. The molecule has 0 aliphatic heterocycles. The van der Waals surface area contributed by atoms with E-state index in [1.807, 2.05) is 30.3 Å². The van der Waals surface area contributed by atoms with E-state index in [0.29, 0.717) is 12.3 Å². The average molecular weight is 498 g/mol. The smallest absolute Gasteiger partial charge is 0.253 e. The number of carbonyl (C=O) groups excluding carboxylic acids is 2. The van der Waals surface area contributed by atoms with Crippen molar-refractivity contribution < 1.29 is 27.5 Å². The number of hydrogen-bond donors (Lipinski definition) is 2. The standard InChI is InChI=1S/C25H27N3O6S/c1-28(35(31,32)19-13-14-22(33-2)23(15-19)34-3)17-24(29)27-21-12-8-7-11-20(21)25(30)26-16-18-9-5-4-6-10-18/h4-15H,16-17H2,1-3H3,(H,26,30)(H,27,29). The minimum absolute atomic E-state index is 0.0499. The molecule has 0 unspecified atom stereocenters. The summed E-state index contributed by atoms with van der Waals surface area (Å²) in [6.45, 7) is -0.134. The van der Waals surface area contributed by atoms with E-state index in [4.69, 9.17) is 9.47 Å². The van der Waals surface area contributed by atoms with Crippen molar-refractivity contribution in [2.45, 2.75) is 11.4 Å². The predicted molar refractivity (Wildman–Crippen MR) is 132 cm³/mol. The molecule has 0 saturated carbocycles. The molecule has 0 aromatic heterocycles. The summed E-state index contributed by atoms with van der Waals surface area (Å²) >= 11 is 0. The van der Waals surface area contributed by atoms with Crippen LogP contribution in [0.4, 0.5) is 5.69 Å². The van der Waals surface area contributed by atoms with Gasteiger partial charge in [-0.05, 0) is 29.8 Å². The highest BCUT2D eigenvalue weighted by molar-refractivity contribution is 7.89. The number of amides is 2. The zero-order valence-corrected chi connectivity index (χ0v) is 20.5. The summed E-state index contributed by atoms with van der Waals surface area (Å²) in [6.07, 6.45) is 0. The molecule has 0 aliphatic carbocycles. The fourth-order valence-corrected chi connectivity index (χ4v) is 4.44. The summed E-state index contributed by atoms with van der Waals surface area (Å²) in [5.41, 5.74) is 1.48. The van der Waals surface area contributed by atoms with Crippen molar-refractivity contribution in [2.24, 2.45) is 0 Å². The highest BCUT2D eigenvalue weighted by atomic mass is 32.2. The van der Waals surface area contributed by atoms with Crippen LogP contribution in [-0.4, -0.2) is 52.3 Å². The number of carbonyl (C=O) groups is 2. The van der Waals surface area contributed by atoms with E-state index in [2.05, 4.69) is 10.6 Å². The molecule has 0 spiro atoms. The first-order chi connectivity index (χ1) is 16.8. The molecule has 0 atom stereocenters. The lowest BCUT2D eigenvalue weighted by Crippen LogP contribution is -2.35. The second-order valence-corrected chi connectivity index (χ2v) is 9.58. The quantitative estimate of drug-likeness (QED) is 0.445. The molecule has 0 fully saturated rings. The van der Waals surface area contributed by atoms with E-state index in [0.717, 1.165) is 9.87 Å². The van der Waals surface area contributed by atoms with Crippen LogP contribution < -0.4 is 20.1 Å². The normalized spacial score (nSPS) is 11.1. The molecular formula is C25H27N3O6S. The third-order valence-corrected chi connectivity index (χ3v) is 6.97. The Balaban J connectivity index is 1.69. The minimum Gasteiger partial charge on any atom is -0.493 e. The van der Waals surface area contributed by atoms with Crippen molar-refractivity contribution in [3.63, 3.8) is 0 Å². The van der Waals surface area contributed by atoms with Gasteiger partial charge in [0, 0.05) is 19.7 Å². The Morgan fingerprint density at radius 1 is 0.886 bits per heavy atom. The average Bonchev–Trinajstić information content (AvgIpc) is 2.87. The Hall–Kier alpha value is -3.89. The molecule has 0 radical (unpaired) electrons. The summed E-state index contributed by atoms with van der Waals surface area (Å²) in [4.78, 5) is 25.3. The predicted octanol–water partition coefficient (Wildman–Crippen LogP) is 2.89. The monoisotopic (exact) mass is 497 g/mol. The molecule has 9 nitrogen and oxygen atoms in total. The summed E-state index contributed by atoms with van der Waals surface area (Å²) < 4.78 is 37.2. The zero-order chi connectivity index (χ0) is 25.4. The van der Waals surface area contributed by atoms with Gasteiger partial charge in [0.2, 0.25) is 15.9 Å². The number of para-hydroxylation sites is 1. The highest BCUT2D eigenvalue weighted by Gasteiger charge is 2.25. The Morgan fingerprint density at radius 2 is 1.54 bits per heavy atom. The molecule has 35 heavy (non-hydrogen) atoms. The van der Waals surface area contributed by atoms with Gasteiger partial charge in [0.25, 0.3) is 5.91 Å². The molecule has 3 rings (SSSR count). The molecule has 0 aliphatic rings. The largest absolute Gasteiger partial charge is 0.493 e. The van der Waals surface area contributed by atoms with Crippen molar-refractivity contribution >= 4 is 27.5 Å². The number of likely N-dealkylation sites (N-methyl/N-ethyl adjacent to an activating group) is 1. The van der Waals surface area contributed by atoms with Crippen LogP contribution in [0, 0.1) is 0 Å². The first kappa shape index (κ1) is 25.7. The Labute approximate surface area is 204 Å². The van der Waals surface area contributed by atoms with Crippen molar-refractivity contribution in [3.05, 3.63) is 83.9 Å². The molecule has 10 heteroatoms. The molecule has 3 aromatic rings. The Kier molecular flexibility index (Phi) is 8.45. The molecule has 3 aromatic carbocycles. The van der Waals surface area contributed by atoms with E-state index in [1.165, 1.54) is 39.5 Å². The lowest BCUT2D eigenvalue weighted by molar-refractivity contribution is -0.116. The highest BCUT2D eigenvalue weighted by Crippen LogP contribution is 2.30. The van der Waals surface area contributed by atoms with Gasteiger partial charge in [-0.1, -0.05) is 42.5 Å². The second-order valence-electron chi connectivity index (χ2n) is 7.54. The van der Waals surface area contributed by atoms with Gasteiger partial charge in [-0.25, -0.2) is 8.42 Å². The van der Waals surface area contributed by atoms with E-state index in [1.54, 1.807) is 24.3 Å². The molecule has 0 heterocycles. The maximum absolute atomic E-state index is 13.0. The number of benzene rings is 3. The van der Waals surface area contributed by atoms with Crippen molar-refractivity contribution in [1.29, 1.82) is 0 Å². The van der Waals surface area contributed by atoms with Crippen LogP contribution in [0.25, 0.3) is 0 Å². The van der Waals surface area contributed by atoms with Crippen molar-refractivity contribution in [3.8, 4) is 11.5 Å². The second kappa shape index (κ2) is 11.5. The molecule has 184 valence electrons. The zero-order valence-electron chi connectivity index (χ0n) is 19.6.